The average molecular weight is 437 g/mol. The summed E-state index contributed by atoms with van der Waals surface area (Å²) in [5.41, 5.74) is 0.238. The Kier molecular flexibility index (Phi) is 5.63. The van der Waals surface area contributed by atoms with Gasteiger partial charge in [-0.2, -0.15) is 0 Å². The summed E-state index contributed by atoms with van der Waals surface area (Å²) >= 11 is 0. The minimum Gasteiger partial charge on any atom is -0.506 e. The van der Waals surface area contributed by atoms with Gasteiger partial charge in [0.15, 0.2) is 5.56 Å². The lowest BCUT2D eigenvalue weighted by Crippen LogP contribution is -2.29. The highest BCUT2D eigenvalue weighted by Gasteiger charge is 2.24. The van der Waals surface area contributed by atoms with Crippen LogP contribution >= 0.6 is 0 Å². The quantitative estimate of drug-likeness (QED) is 0.479. The van der Waals surface area contributed by atoms with Crippen LogP contribution in [0.2, 0.25) is 0 Å². The highest BCUT2D eigenvalue weighted by atomic mass is 19.1. The second kappa shape index (κ2) is 8.54. The maximum Gasteiger partial charge on any atom is 0.347 e. The lowest BCUT2D eigenvalue weighted by molar-refractivity contribution is 0.0520. The number of fused-ring (bicyclic) bond motifs is 1. The van der Waals surface area contributed by atoms with E-state index in [0.29, 0.717) is 16.8 Å². The molecule has 4 aromatic rings. The highest BCUT2D eigenvalue weighted by molar-refractivity contribution is 5.99. The van der Waals surface area contributed by atoms with Crippen molar-refractivity contribution in [3.05, 3.63) is 88.1 Å². The molecule has 9 heteroatoms. The first-order valence-electron chi connectivity index (χ1n) is 9.68. The molecule has 0 saturated heterocycles. The van der Waals surface area contributed by atoms with Crippen molar-refractivity contribution in [1.82, 2.24) is 14.5 Å². The molecule has 0 spiro atoms. The van der Waals surface area contributed by atoms with Crippen molar-refractivity contribution in [3.8, 4) is 16.9 Å². The zero-order valence-corrected chi connectivity index (χ0v) is 16.9. The van der Waals surface area contributed by atoms with Crippen LogP contribution in [0.3, 0.4) is 0 Å². The number of rotatable bonds is 5. The van der Waals surface area contributed by atoms with Gasteiger partial charge in [-0.3, -0.25) is 14.3 Å². The molecule has 7 nitrogen and oxygen atoms in total. The van der Waals surface area contributed by atoms with Crippen LogP contribution in [0.1, 0.15) is 23.0 Å². The van der Waals surface area contributed by atoms with Gasteiger partial charge in [-0.25, -0.2) is 18.6 Å². The summed E-state index contributed by atoms with van der Waals surface area (Å²) in [6.45, 7) is 1.46. The lowest BCUT2D eigenvalue weighted by Gasteiger charge is -2.14. The van der Waals surface area contributed by atoms with Gasteiger partial charge in [0.25, 0.3) is 5.56 Å². The van der Waals surface area contributed by atoms with Crippen LogP contribution in [-0.4, -0.2) is 32.2 Å². The molecule has 0 atom stereocenters. The number of benzene rings is 1. The number of ether oxygens (including phenoxy) is 1. The zero-order valence-electron chi connectivity index (χ0n) is 16.9. The van der Waals surface area contributed by atoms with Gasteiger partial charge in [0.1, 0.15) is 23.0 Å². The standard InChI is InChI=1S/C23H17F2N3O4/c1-2-32-23(31)19-20(29)18-9-14(13-3-5-15(24)6-4-13)10-27-21(18)28(22(19)30)12-17-8-7-16(25)11-26-17/h3-11,29H,2,12H2,1H3. The van der Waals surface area contributed by atoms with Crippen LogP contribution in [0.5, 0.6) is 5.75 Å². The third kappa shape index (κ3) is 3.92. The molecule has 1 N–H and O–H groups in total. The van der Waals surface area contributed by atoms with E-state index in [2.05, 4.69) is 9.97 Å². The van der Waals surface area contributed by atoms with Crippen molar-refractivity contribution in [1.29, 1.82) is 0 Å². The molecule has 0 aliphatic carbocycles. The number of nitrogens with zero attached hydrogens (tertiary/aromatic N) is 3. The summed E-state index contributed by atoms with van der Waals surface area (Å²) in [4.78, 5) is 33.8. The monoisotopic (exact) mass is 437 g/mol. The molecule has 3 heterocycles. The molecule has 0 amide bonds. The Morgan fingerprint density at radius 1 is 1.03 bits per heavy atom. The third-order valence-corrected chi connectivity index (χ3v) is 4.84. The van der Waals surface area contributed by atoms with Gasteiger partial charge < -0.3 is 9.84 Å². The number of carbonyl (C=O) groups excluding carboxylic acids is 1. The molecule has 162 valence electrons. The first-order chi connectivity index (χ1) is 15.4. The van der Waals surface area contributed by atoms with E-state index >= 15 is 0 Å². The molecule has 3 aromatic heterocycles. The Morgan fingerprint density at radius 2 is 1.75 bits per heavy atom. The molecule has 0 unspecified atom stereocenters. The van der Waals surface area contributed by atoms with Crippen molar-refractivity contribution in [2.45, 2.75) is 13.5 Å². The van der Waals surface area contributed by atoms with Crippen molar-refractivity contribution >= 4 is 17.0 Å². The number of halogens is 2. The van der Waals surface area contributed by atoms with Crippen LogP contribution in [0, 0.1) is 11.6 Å². The number of esters is 1. The fourth-order valence-corrected chi connectivity index (χ4v) is 3.31. The molecular formula is C23H17F2N3O4. The summed E-state index contributed by atoms with van der Waals surface area (Å²) in [6.07, 6.45) is 2.47. The smallest absolute Gasteiger partial charge is 0.347 e. The minimum atomic E-state index is -0.982. The topological polar surface area (TPSA) is 94.3 Å². The van der Waals surface area contributed by atoms with Crippen LogP contribution in [0.25, 0.3) is 22.2 Å². The molecule has 1 aromatic carbocycles. The Morgan fingerprint density at radius 3 is 2.41 bits per heavy atom. The van der Waals surface area contributed by atoms with Crippen LogP contribution in [0.4, 0.5) is 8.78 Å². The van der Waals surface area contributed by atoms with Crippen molar-refractivity contribution < 1.29 is 23.4 Å². The summed E-state index contributed by atoms with van der Waals surface area (Å²) in [7, 11) is 0. The van der Waals surface area contributed by atoms with Gasteiger partial charge >= 0.3 is 5.97 Å². The number of aromatic nitrogens is 3. The van der Waals surface area contributed by atoms with Gasteiger partial charge in [0.2, 0.25) is 0 Å². The maximum absolute atomic E-state index is 13.3. The first kappa shape index (κ1) is 21.1. The molecule has 0 aliphatic heterocycles. The van der Waals surface area contributed by atoms with E-state index in [1.54, 1.807) is 25.1 Å². The molecule has 0 radical (unpaired) electrons. The number of hydrogen-bond donors (Lipinski definition) is 1. The summed E-state index contributed by atoms with van der Waals surface area (Å²) in [5, 5.41) is 10.9. The second-order valence-corrected chi connectivity index (χ2v) is 6.91. The zero-order chi connectivity index (χ0) is 22.8. The van der Waals surface area contributed by atoms with E-state index in [0.717, 1.165) is 10.8 Å². The summed E-state index contributed by atoms with van der Waals surface area (Å²) in [6, 6.07) is 9.79. The Bertz CT molecular complexity index is 1370. The van der Waals surface area contributed by atoms with Gasteiger partial charge in [0, 0.05) is 11.8 Å². The molecule has 0 saturated carbocycles. The summed E-state index contributed by atoms with van der Waals surface area (Å²) in [5.74, 6) is -2.49. The Hall–Kier alpha value is -4.14. The predicted molar refractivity (Wildman–Crippen MR) is 112 cm³/mol. The second-order valence-electron chi connectivity index (χ2n) is 6.91. The first-order valence-corrected chi connectivity index (χ1v) is 9.68. The molecule has 0 aliphatic rings. The molecule has 4 rings (SSSR count). The van der Waals surface area contributed by atoms with Crippen molar-refractivity contribution in [2.24, 2.45) is 0 Å². The van der Waals surface area contributed by atoms with E-state index in [1.807, 2.05) is 0 Å². The minimum absolute atomic E-state index is 0.00311. The fraction of sp³-hybridized carbons (Fsp3) is 0.130. The van der Waals surface area contributed by atoms with Crippen molar-refractivity contribution in [3.63, 3.8) is 0 Å². The van der Waals surface area contributed by atoms with Crippen molar-refractivity contribution in [2.75, 3.05) is 6.61 Å². The van der Waals surface area contributed by atoms with Gasteiger partial charge in [-0.1, -0.05) is 12.1 Å². The average Bonchev–Trinajstić information content (AvgIpc) is 2.78. The normalized spacial score (nSPS) is 11.0. The number of carbonyl (C=O) groups is 1. The lowest BCUT2D eigenvalue weighted by atomic mass is 10.0. The number of hydrogen-bond acceptors (Lipinski definition) is 6. The number of aromatic hydroxyl groups is 1. The van der Waals surface area contributed by atoms with Gasteiger partial charge in [-0.15, -0.1) is 0 Å². The Balaban J connectivity index is 1.95. The van der Waals surface area contributed by atoms with E-state index in [-0.39, 0.29) is 24.2 Å². The van der Waals surface area contributed by atoms with E-state index in [4.69, 9.17) is 4.74 Å². The van der Waals surface area contributed by atoms with E-state index in [1.165, 1.54) is 30.5 Å². The molecule has 0 bridgehead atoms. The van der Waals surface area contributed by atoms with Gasteiger partial charge in [0.05, 0.1) is 30.4 Å². The SMILES string of the molecule is CCOC(=O)c1c(O)c2cc(-c3ccc(F)cc3)cnc2n(Cc2ccc(F)cn2)c1=O. The summed E-state index contributed by atoms with van der Waals surface area (Å²) < 4.78 is 32.6. The largest absolute Gasteiger partial charge is 0.506 e. The molecule has 32 heavy (non-hydrogen) atoms. The third-order valence-electron chi connectivity index (χ3n) is 4.84. The Labute approximate surface area is 180 Å². The van der Waals surface area contributed by atoms with Crippen LogP contribution in [-0.2, 0) is 11.3 Å². The maximum atomic E-state index is 13.3. The van der Waals surface area contributed by atoms with E-state index < -0.39 is 34.5 Å². The fourth-order valence-electron chi connectivity index (χ4n) is 3.31. The van der Waals surface area contributed by atoms with Crippen LogP contribution in [0.15, 0.2) is 59.7 Å². The molecule has 0 fully saturated rings. The van der Waals surface area contributed by atoms with Crippen LogP contribution < -0.4 is 5.56 Å². The van der Waals surface area contributed by atoms with E-state index in [9.17, 15) is 23.5 Å². The van der Waals surface area contributed by atoms with Gasteiger partial charge in [-0.05, 0) is 42.8 Å². The molecular weight excluding hydrogens is 420 g/mol. The highest BCUT2D eigenvalue weighted by Crippen LogP contribution is 2.30. The predicted octanol–water partition coefficient (Wildman–Crippen LogP) is 3.67. The number of pyridine rings is 3.